The molecule has 1 atom stereocenters. The van der Waals surface area contributed by atoms with E-state index in [1.807, 2.05) is 13.8 Å². The van der Waals surface area contributed by atoms with E-state index in [0.29, 0.717) is 12.2 Å². The molecule has 0 spiro atoms. The molecule has 0 aliphatic carbocycles. The van der Waals surface area contributed by atoms with Gasteiger partial charge in [-0.3, -0.25) is 4.79 Å². The first-order valence-electron chi connectivity index (χ1n) is 6.84. The van der Waals surface area contributed by atoms with Crippen molar-refractivity contribution < 1.29 is 13.9 Å². The van der Waals surface area contributed by atoms with E-state index in [2.05, 4.69) is 10.6 Å². The van der Waals surface area contributed by atoms with Crippen LogP contribution in [0.15, 0.2) is 18.2 Å². The molecule has 1 aliphatic rings. The number of carbonyl (C=O) groups is 1. The number of halogens is 1. The van der Waals surface area contributed by atoms with Gasteiger partial charge < -0.3 is 15.4 Å². The maximum atomic E-state index is 13.6. The van der Waals surface area contributed by atoms with Gasteiger partial charge in [-0.15, -0.1) is 0 Å². The molecule has 0 bridgehead atoms. The average molecular weight is 280 g/mol. The fraction of sp³-hybridized carbons (Fsp3) is 0.533. The second kappa shape index (κ2) is 5.79. The Morgan fingerprint density at radius 3 is 2.85 bits per heavy atom. The SMILES string of the molecule is CNc1c(F)cccc1C(=O)NC1CCOC(C)(C)C1. The lowest BCUT2D eigenvalue weighted by Crippen LogP contribution is -2.45. The first-order chi connectivity index (χ1) is 9.43. The minimum atomic E-state index is -0.424. The Kier molecular flexibility index (Phi) is 4.28. The molecule has 110 valence electrons. The van der Waals surface area contributed by atoms with Gasteiger partial charge in [0.2, 0.25) is 0 Å². The monoisotopic (exact) mass is 280 g/mol. The fourth-order valence-electron chi connectivity index (χ4n) is 2.59. The number of anilines is 1. The van der Waals surface area contributed by atoms with Crippen molar-refractivity contribution in [2.24, 2.45) is 0 Å². The normalized spacial score (nSPS) is 21.3. The van der Waals surface area contributed by atoms with E-state index >= 15 is 0 Å². The van der Waals surface area contributed by atoms with Crippen molar-refractivity contribution in [1.29, 1.82) is 0 Å². The van der Waals surface area contributed by atoms with E-state index in [4.69, 9.17) is 4.74 Å². The number of benzene rings is 1. The zero-order valence-corrected chi connectivity index (χ0v) is 12.1. The highest BCUT2D eigenvalue weighted by Crippen LogP contribution is 2.25. The standard InChI is InChI=1S/C15H21FN2O2/c1-15(2)9-10(7-8-20-15)18-14(19)11-5-4-6-12(16)13(11)17-3/h4-6,10,17H,7-9H2,1-3H3,(H,18,19). The third-order valence-electron chi connectivity index (χ3n) is 3.54. The van der Waals surface area contributed by atoms with Crippen molar-refractivity contribution in [1.82, 2.24) is 5.32 Å². The van der Waals surface area contributed by atoms with Gasteiger partial charge in [0.05, 0.1) is 16.9 Å². The van der Waals surface area contributed by atoms with E-state index < -0.39 is 5.82 Å². The third kappa shape index (κ3) is 3.28. The van der Waals surface area contributed by atoms with Gasteiger partial charge in [0.15, 0.2) is 0 Å². The lowest BCUT2D eigenvalue weighted by molar-refractivity contribution is -0.0615. The molecule has 1 saturated heterocycles. The number of hydrogen-bond donors (Lipinski definition) is 2. The summed E-state index contributed by atoms with van der Waals surface area (Å²) in [5, 5.41) is 5.70. The van der Waals surface area contributed by atoms with Gasteiger partial charge in [-0.25, -0.2) is 4.39 Å². The van der Waals surface area contributed by atoms with Gasteiger partial charge in [-0.1, -0.05) is 6.07 Å². The van der Waals surface area contributed by atoms with E-state index in [1.54, 1.807) is 19.2 Å². The number of carbonyl (C=O) groups excluding carboxylic acids is 1. The van der Waals surface area contributed by atoms with Crippen LogP contribution < -0.4 is 10.6 Å². The zero-order valence-electron chi connectivity index (χ0n) is 12.1. The van der Waals surface area contributed by atoms with Crippen LogP contribution in [0.1, 0.15) is 37.0 Å². The molecule has 5 heteroatoms. The minimum Gasteiger partial charge on any atom is -0.385 e. The van der Waals surface area contributed by atoms with E-state index in [9.17, 15) is 9.18 Å². The molecule has 1 aromatic carbocycles. The summed E-state index contributed by atoms with van der Waals surface area (Å²) in [6.45, 7) is 4.64. The van der Waals surface area contributed by atoms with E-state index in [0.717, 1.165) is 12.8 Å². The maximum absolute atomic E-state index is 13.6. The summed E-state index contributed by atoms with van der Waals surface area (Å²) in [4.78, 5) is 12.3. The minimum absolute atomic E-state index is 0.0548. The van der Waals surface area contributed by atoms with Crippen molar-refractivity contribution >= 4 is 11.6 Å². The van der Waals surface area contributed by atoms with Crippen LogP contribution >= 0.6 is 0 Å². The number of hydrogen-bond acceptors (Lipinski definition) is 3. The van der Waals surface area contributed by atoms with Crippen LogP contribution in [0.25, 0.3) is 0 Å². The Hall–Kier alpha value is -1.62. The molecular formula is C15H21FN2O2. The van der Waals surface area contributed by atoms with Crippen LogP contribution in [-0.2, 0) is 4.74 Å². The molecule has 1 amide bonds. The maximum Gasteiger partial charge on any atom is 0.253 e. The molecule has 1 unspecified atom stereocenters. The van der Waals surface area contributed by atoms with Crippen molar-refractivity contribution in [2.45, 2.75) is 38.3 Å². The van der Waals surface area contributed by atoms with Gasteiger partial charge >= 0.3 is 0 Å². The lowest BCUT2D eigenvalue weighted by Gasteiger charge is -2.35. The van der Waals surface area contributed by atoms with Crippen LogP contribution in [0.2, 0.25) is 0 Å². The molecule has 0 radical (unpaired) electrons. The van der Waals surface area contributed by atoms with Crippen molar-refractivity contribution in [3.05, 3.63) is 29.6 Å². The highest BCUT2D eigenvalue weighted by atomic mass is 19.1. The smallest absolute Gasteiger partial charge is 0.253 e. The van der Waals surface area contributed by atoms with Gasteiger partial charge in [-0.05, 0) is 38.8 Å². The van der Waals surface area contributed by atoms with Crippen molar-refractivity contribution in [3.63, 3.8) is 0 Å². The third-order valence-corrected chi connectivity index (χ3v) is 3.54. The summed E-state index contributed by atoms with van der Waals surface area (Å²) in [6.07, 6.45) is 1.53. The quantitative estimate of drug-likeness (QED) is 0.894. The fourth-order valence-corrected chi connectivity index (χ4v) is 2.59. The number of ether oxygens (including phenoxy) is 1. The highest BCUT2D eigenvalue weighted by molar-refractivity contribution is 5.99. The van der Waals surface area contributed by atoms with E-state index in [-0.39, 0.29) is 23.2 Å². The molecule has 0 aromatic heterocycles. The van der Waals surface area contributed by atoms with Gasteiger partial charge in [-0.2, -0.15) is 0 Å². The first kappa shape index (κ1) is 14.8. The Morgan fingerprint density at radius 1 is 1.45 bits per heavy atom. The number of amides is 1. The number of nitrogens with one attached hydrogen (secondary N) is 2. The topological polar surface area (TPSA) is 50.4 Å². The second-order valence-corrected chi connectivity index (χ2v) is 5.68. The summed E-state index contributed by atoms with van der Waals surface area (Å²) in [5.74, 6) is -0.677. The Balaban J connectivity index is 2.11. The van der Waals surface area contributed by atoms with Crippen LogP contribution in [0, 0.1) is 5.82 Å². The summed E-state index contributed by atoms with van der Waals surface area (Å²) in [6, 6.07) is 4.55. The van der Waals surface area contributed by atoms with E-state index in [1.165, 1.54) is 6.07 Å². The second-order valence-electron chi connectivity index (χ2n) is 5.68. The predicted octanol–water partition coefficient (Wildman–Crippen LogP) is 2.55. The number of para-hydroxylation sites is 1. The largest absolute Gasteiger partial charge is 0.385 e. The first-order valence-corrected chi connectivity index (χ1v) is 6.84. The van der Waals surface area contributed by atoms with Crippen LogP contribution in [0.3, 0.4) is 0 Å². The van der Waals surface area contributed by atoms with Crippen LogP contribution in [-0.4, -0.2) is 31.2 Å². The average Bonchev–Trinajstić information content (AvgIpc) is 2.37. The lowest BCUT2D eigenvalue weighted by atomic mass is 9.93. The molecule has 20 heavy (non-hydrogen) atoms. The molecule has 1 fully saturated rings. The van der Waals surface area contributed by atoms with Gasteiger partial charge in [0.1, 0.15) is 5.82 Å². The number of rotatable bonds is 3. The Morgan fingerprint density at radius 2 is 2.20 bits per heavy atom. The summed E-state index contributed by atoms with van der Waals surface area (Å²) >= 11 is 0. The van der Waals surface area contributed by atoms with Gasteiger partial charge in [0, 0.05) is 19.7 Å². The molecule has 1 heterocycles. The Labute approximate surface area is 118 Å². The molecule has 2 rings (SSSR count). The molecule has 1 aromatic rings. The van der Waals surface area contributed by atoms with Gasteiger partial charge in [0.25, 0.3) is 5.91 Å². The van der Waals surface area contributed by atoms with Crippen LogP contribution in [0.5, 0.6) is 0 Å². The molecule has 2 N–H and O–H groups in total. The predicted molar refractivity (Wildman–Crippen MR) is 76.5 cm³/mol. The summed E-state index contributed by atoms with van der Waals surface area (Å²) in [7, 11) is 1.60. The highest BCUT2D eigenvalue weighted by Gasteiger charge is 2.30. The van der Waals surface area contributed by atoms with Crippen molar-refractivity contribution in [3.8, 4) is 0 Å². The molecule has 1 aliphatic heterocycles. The van der Waals surface area contributed by atoms with Crippen molar-refractivity contribution in [2.75, 3.05) is 19.0 Å². The summed E-state index contributed by atoms with van der Waals surface area (Å²) in [5.41, 5.74) is 0.331. The molecule has 4 nitrogen and oxygen atoms in total. The van der Waals surface area contributed by atoms with Crippen LogP contribution in [0.4, 0.5) is 10.1 Å². The summed E-state index contributed by atoms with van der Waals surface area (Å²) < 4.78 is 19.3. The molecule has 0 saturated carbocycles. The zero-order chi connectivity index (χ0) is 14.8. The Bertz CT molecular complexity index is 503. The molecular weight excluding hydrogens is 259 g/mol.